The number of oxime groups is 1. The van der Waals surface area contributed by atoms with Crippen LogP contribution in [0.25, 0.3) is 0 Å². The number of para-hydroxylation sites is 1. The molecule has 3 aromatic rings. The lowest BCUT2D eigenvalue weighted by atomic mass is 10.0. The number of nitrogens with zero attached hydrogens (tertiary/aromatic N) is 2. The Balaban J connectivity index is 0.652. The van der Waals surface area contributed by atoms with Gasteiger partial charge >= 0.3 is 12.1 Å². The molecule has 340 valence electrons. The largest absolute Gasteiger partial charge is 0.445 e. The number of hydrogen-bond acceptors (Lipinski definition) is 12. The summed E-state index contributed by atoms with van der Waals surface area (Å²) in [6.45, 7) is 3.57. The van der Waals surface area contributed by atoms with Crippen LogP contribution in [0.3, 0.4) is 0 Å². The van der Waals surface area contributed by atoms with Crippen LogP contribution in [0.5, 0.6) is 0 Å². The minimum atomic E-state index is -0.516. The standard InChI is InChI=1S/C47H56N6O10S/c54-43(14-6-5-13-42-44-40(32-64-42)50-46(56)51-44)48-21-7-23-58-25-27-61-62-28-26-59-24-8-22-49-47(57)60-31-33-15-17-35(18-16-33)39-29-37(63-52-39)30-53-41-12-4-2-10-36(41)20-19-34-9-1-3-11-38(34)45(53)55/h1-4,9-12,15-18,37,40,42,44H,5-8,13-14,21-32H2,(H,48,54)(H,49,57)(H2,50,51,56)/t37?,40-,42-,44-/m0/s1. The molecule has 0 saturated carbocycles. The molecular weight excluding hydrogens is 841 g/mol. The normalized spacial score (nSPS) is 19.4. The van der Waals surface area contributed by atoms with Gasteiger partial charge in [0.25, 0.3) is 5.91 Å². The van der Waals surface area contributed by atoms with Crippen molar-refractivity contribution in [1.29, 1.82) is 0 Å². The predicted octanol–water partition coefficient (Wildman–Crippen LogP) is 5.07. The number of urea groups is 1. The van der Waals surface area contributed by atoms with E-state index in [1.807, 2.05) is 78.5 Å². The summed E-state index contributed by atoms with van der Waals surface area (Å²) in [5.41, 5.74) is 5.25. The SMILES string of the molecule is O=C(CCCC[C@@H]1SC[C@@H]2NC(=O)N[C@@H]21)NCCCOCCOOCCOCCCNC(=O)OCc1ccc(C2=NOC(CN3C(=O)c4ccccc4C#Cc4ccccc43)C2)cc1. The number of nitrogens with one attached hydrogen (secondary N) is 4. The van der Waals surface area contributed by atoms with E-state index in [9.17, 15) is 19.2 Å². The summed E-state index contributed by atoms with van der Waals surface area (Å²) in [7, 11) is 0. The van der Waals surface area contributed by atoms with Gasteiger partial charge in [-0.2, -0.15) is 11.8 Å². The highest BCUT2D eigenvalue weighted by Crippen LogP contribution is 2.33. The third-order valence-electron chi connectivity index (χ3n) is 11.0. The molecule has 7 rings (SSSR count). The maximum Gasteiger partial charge on any atom is 0.407 e. The monoisotopic (exact) mass is 896 g/mol. The molecule has 4 atom stereocenters. The number of fused-ring (bicyclic) bond motifs is 3. The lowest BCUT2D eigenvalue weighted by molar-refractivity contribution is -0.303. The molecule has 0 spiro atoms. The first-order chi connectivity index (χ1) is 31.4. The molecular formula is C47H56N6O10S. The fourth-order valence-corrected chi connectivity index (χ4v) is 9.24. The molecule has 2 fully saturated rings. The van der Waals surface area contributed by atoms with Crippen molar-refractivity contribution in [2.45, 2.75) is 75.0 Å². The number of hydrogen-bond donors (Lipinski definition) is 4. The summed E-state index contributed by atoms with van der Waals surface area (Å²) >= 11 is 1.90. The number of amides is 5. The number of rotatable bonds is 25. The Morgan fingerprint density at radius 1 is 0.812 bits per heavy atom. The van der Waals surface area contributed by atoms with E-state index >= 15 is 0 Å². The van der Waals surface area contributed by atoms with Crippen LogP contribution in [-0.4, -0.2) is 118 Å². The second-order valence-corrected chi connectivity index (χ2v) is 17.0. The maximum atomic E-state index is 13.8. The van der Waals surface area contributed by atoms with Crippen molar-refractivity contribution in [3.8, 4) is 11.8 Å². The molecule has 16 nitrogen and oxygen atoms in total. The van der Waals surface area contributed by atoms with Gasteiger partial charge in [0.05, 0.1) is 48.8 Å². The highest BCUT2D eigenvalue weighted by molar-refractivity contribution is 8.00. The minimum Gasteiger partial charge on any atom is -0.445 e. The topological polar surface area (TPSA) is 187 Å². The molecule has 17 heteroatoms. The average Bonchev–Trinajstić information content (AvgIpc) is 4.04. The fourth-order valence-electron chi connectivity index (χ4n) is 7.69. The quantitative estimate of drug-likeness (QED) is 0.0293. The molecule has 0 radical (unpaired) electrons. The van der Waals surface area contributed by atoms with Crippen molar-refractivity contribution in [2.75, 3.05) is 69.9 Å². The van der Waals surface area contributed by atoms with Gasteiger partial charge < -0.3 is 45.2 Å². The third kappa shape index (κ3) is 13.7. The van der Waals surface area contributed by atoms with Gasteiger partial charge in [-0.15, -0.1) is 0 Å². The Bertz CT molecular complexity index is 2150. The first kappa shape index (κ1) is 46.4. The van der Waals surface area contributed by atoms with Crippen LogP contribution in [0.1, 0.15) is 77.6 Å². The Kier molecular flexibility index (Phi) is 17.7. The number of carbonyl (C=O) groups is 4. The second-order valence-electron chi connectivity index (χ2n) is 15.7. The van der Waals surface area contributed by atoms with Crippen LogP contribution in [-0.2, 0) is 40.2 Å². The first-order valence-electron chi connectivity index (χ1n) is 22.0. The highest BCUT2D eigenvalue weighted by atomic mass is 32.2. The smallest absolute Gasteiger partial charge is 0.407 e. The van der Waals surface area contributed by atoms with Crippen LogP contribution >= 0.6 is 11.8 Å². The zero-order chi connectivity index (χ0) is 44.4. The Labute approximate surface area is 377 Å². The minimum absolute atomic E-state index is 0.0512. The number of thioether (sulfide) groups is 1. The van der Waals surface area contributed by atoms with Crippen LogP contribution in [0.2, 0.25) is 0 Å². The lowest BCUT2D eigenvalue weighted by Crippen LogP contribution is -2.39. The van der Waals surface area contributed by atoms with Crippen molar-refractivity contribution in [1.82, 2.24) is 21.3 Å². The van der Waals surface area contributed by atoms with Crippen LogP contribution in [0, 0.1) is 11.8 Å². The van der Waals surface area contributed by atoms with Crippen molar-refractivity contribution >= 4 is 47.1 Å². The van der Waals surface area contributed by atoms with Gasteiger partial charge in [-0.25, -0.2) is 19.4 Å². The number of ether oxygens (including phenoxy) is 3. The molecule has 4 heterocycles. The summed E-state index contributed by atoms with van der Waals surface area (Å²) in [6.07, 6.45) is 4.29. The van der Waals surface area contributed by atoms with Gasteiger partial charge in [0, 0.05) is 61.3 Å². The van der Waals surface area contributed by atoms with Crippen LogP contribution < -0.4 is 26.2 Å². The molecule has 3 aromatic carbocycles. The van der Waals surface area contributed by atoms with E-state index in [2.05, 4.69) is 38.3 Å². The van der Waals surface area contributed by atoms with Crippen molar-refractivity contribution in [3.63, 3.8) is 0 Å². The summed E-state index contributed by atoms with van der Waals surface area (Å²) in [6, 6.07) is 23.0. The van der Waals surface area contributed by atoms with E-state index < -0.39 is 6.09 Å². The van der Waals surface area contributed by atoms with Gasteiger partial charge in [0.15, 0.2) is 6.10 Å². The summed E-state index contributed by atoms with van der Waals surface area (Å²) < 4.78 is 16.4. The molecule has 0 aromatic heterocycles. The highest BCUT2D eigenvalue weighted by Gasteiger charge is 2.42. The molecule has 0 aliphatic carbocycles. The Morgan fingerprint density at radius 3 is 2.33 bits per heavy atom. The maximum absolute atomic E-state index is 13.8. The molecule has 5 amide bonds. The molecule has 4 aliphatic rings. The summed E-state index contributed by atoms with van der Waals surface area (Å²) in [4.78, 5) is 67.4. The number of benzene rings is 3. The van der Waals surface area contributed by atoms with Crippen molar-refractivity contribution in [2.24, 2.45) is 5.16 Å². The lowest BCUT2D eigenvalue weighted by Gasteiger charge is -2.27. The van der Waals surface area contributed by atoms with E-state index in [1.165, 1.54) is 0 Å². The van der Waals surface area contributed by atoms with Gasteiger partial charge in [-0.3, -0.25) is 9.59 Å². The Morgan fingerprint density at radius 2 is 1.53 bits per heavy atom. The van der Waals surface area contributed by atoms with Gasteiger partial charge in [0.1, 0.15) is 19.8 Å². The zero-order valence-corrected chi connectivity index (χ0v) is 36.7. The van der Waals surface area contributed by atoms with E-state index in [0.29, 0.717) is 88.1 Å². The summed E-state index contributed by atoms with van der Waals surface area (Å²) in [5, 5.41) is 16.4. The average molecular weight is 897 g/mol. The van der Waals surface area contributed by atoms with Crippen molar-refractivity contribution in [3.05, 3.63) is 101 Å². The number of carbonyl (C=O) groups excluding carboxylic acids is 4. The van der Waals surface area contributed by atoms with E-state index in [0.717, 1.165) is 53.1 Å². The molecule has 4 N–H and O–H groups in total. The number of alkyl carbamates (subject to hydrolysis) is 1. The zero-order valence-electron chi connectivity index (χ0n) is 35.9. The molecule has 64 heavy (non-hydrogen) atoms. The predicted molar refractivity (Wildman–Crippen MR) is 241 cm³/mol. The molecule has 4 aliphatic heterocycles. The van der Waals surface area contributed by atoms with Crippen molar-refractivity contribution < 1.29 is 48.0 Å². The van der Waals surface area contributed by atoms with Gasteiger partial charge in [-0.05, 0) is 61.1 Å². The molecule has 0 bridgehead atoms. The van der Waals surface area contributed by atoms with E-state index in [-0.39, 0.29) is 55.9 Å². The third-order valence-corrected chi connectivity index (χ3v) is 12.5. The first-order valence-corrected chi connectivity index (χ1v) is 23.1. The second kappa shape index (κ2) is 24.4. The molecule has 1 unspecified atom stereocenters. The van der Waals surface area contributed by atoms with Gasteiger partial charge in [0.2, 0.25) is 5.91 Å². The van der Waals surface area contributed by atoms with E-state index in [4.69, 9.17) is 28.8 Å². The van der Waals surface area contributed by atoms with Gasteiger partial charge in [-0.1, -0.05) is 71.9 Å². The van der Waals surface area contributed by atoms with E-state index in [1.54, 1.807) is 11.0 Å². The Hall–Kier alpha value is -5.64. The van der Waals surface area contributed by atoms with Crippen LogP contribution in [0.15, 0.2) is 78.0 Å². The summed E-state index contributed by atoms with van der Waals surface area (Å²) in [5.74, 6) is 7.24. The fraction of sp³-hybridized carbons (Fsp3) is 0.468. The van der Waals surface area contributed by atoms with Crippen LogP contribution in [0.4, 0.5) is 15.3 Å². The molecule has 2 saturated heterocycles. The number of unbranched alkanes of at least 4 members (excludes halogenated alkanes) is 1. The number of anilines is 1.